The van der Waals surface area contributed by atoms with Gasteiger partial charge in [-0.15, -0.1) is 0 Å². The van der Waals surface area contributed by atoms with Crippen LogP contribution in [0.15, 0.2) is 0 Å². The van der Waals surface area contributed by atoms with Gasteiger partial charge in [-0.2, -0.15) is 11.8 Å². The SMILES string of the molecule is CN1CCSCC1C(NN)C1CC(C)(C)OC1(C)C. The molecule has 0 radical (unpaired) electrons. The van der Waals surface area contributed by atoms with Crippen LogP contribution in [0, 0.1) is 5.92 Å². The molecule has 4 nitrogen and oxygen atoms in total. The number of thioether (sulfide) groups is 1. The van der Waals surface area contributed by atoms with E-state index in [0.717, 1.165) is 18.7 Å². The van der Waals surface area contributed by atoms with Crippen molar-refractivity contribution in [1.29, 1.82) is 0 Å². The topological polar surface area (TPSA) is 50.5 Å². The van der Waals surface area contributed by atoms with Gasteiger partial charge in [0.1, 0.15) is 0 Å². The maximum atomic E-state index is 6.24. The van der Waals surface area contributed by atoms with E-state index in [1.54, 1.807) is 0 Å². The fourth-order valence-electron chi connectivity index (χ4n) is 3.74. The zero-order valence-corrected chi connectivity index (χ0v) is 13.7. The highest BCUT2D eigenvalue weighted by Crippen LogP contribution is 2.44. The molecule has 0 bridgehead atoms. The Morgan fingerprint density at radius 3 is 2.53 bits per heavy atom. The zero-order valence-electron chi connectivity index (χ0n) is 12.9. The van der Waals surface area contributed by atoms with Crippen LogP contribution in [0.3, 0.4) is 0 Å². The first-order valence-corrected chi connectivity index (χ1v) is 8.36. The summed E-state index contributed by atoms with van der Waals surface area (Å²) in [6.07, 6.45) is 1.06. The highest BCUT2D eigenvalue weighted by Gasteiger charge is 2.51. The second kappa shape index (κ2) is 5.53. The van der Waals surface area contributed by atoms with E-state index >= 15 is 0 Å². The first kappa shape index (κ1) is 15.6. The number of nitrogens with two attached hydrogens (primary N) is 1. The third kappa shape index (κ3) is 3.27. The Morgan fingerprint density at radius 1 is 1.37 bits per heavy atom. The Bertz CT molecular complexity index is 322. The van der Waals surface area contributed by atoms with Crippen molar-refractivity contribution in [2.45, 2.75) is 57.4 Å². The molecule has 0 saturated carbocycles. The molecule has 3 unspecified atom stereocenters. The van der Waals surface area contributed by atoms with Gasteiger partial charge in [0.15, 0.2) is 0 Å². The molecular weight excluding hydrogens is 258 g/mol. The van der Waals surface area contributed by atoms with Crippen LogP contribution in [0.5, 0.6) is 0 Å². The summed E-state index contributed by atoms with van der Waals surface area (Å²) in [7, 11) is 2.21. The van der Waals surface area contributed by atoms with E-state index in [-0.39, 0.29) is 17.2 Å². The molecule has 0 spiro atoms. The normalized spacial score (nSPS) is 36.3. The Balaban J connectivity index is 2.17. The van der Waals surface area contributed by atoms with Gasteiger partial charge >= 0.3 is 0 Å². The van der Waals surface area contributed by atoms with Gasteiger partial charge in [0.05, 0.1) is 11.2 Å². The fourth-order valence-corrected chi connectivity index (χ4v) is 5.03. The van der Waals surface area contributed by atoms with Crippen LogP contribution in [0.25, 0.3) is 0 Å². The number of nitrogens with one attached hydrogen (secondary N) is 1. The van der Waals surface area contributed by atoms with Gasteiger partial charge in [-0.25, -0.2) is 0 Å². The Kier molecular flexibility index (Phi) is 4.53. The lowest BCUT2D eigenvalue weighted by atomic mass is 9.79. The van der Waals surface area contributed by atoms with Crippen LogP contribution in [-0.2, 0) is 4.74 Å². The van der Waals surface area contributed by atoms with Gasteiger partial charge in [0.25, 0.3) is 0 Å². The minimum atomic E-state index is -0.122. The molecule has 2 aliphatic heterocycles. The van der Waals surface area contributed by atoms with Gasteiger partial charge in [-0.05, 0) is 41.2 Å². The maximum Gasteiger partial charge on any atom is 0.0678 e. The Morgan fingerprint density at radius 2 is 2.05 bits per heavy atom. The molecule has 2 heterocycles. The van der Waals surface area contributed by atoms with Crippen molar-refractivity contribution in [2.24, 2.45) is 11.8 Å². The summed E-state index contributed by atoms with van der Waals surface area (Å²) >= 11 is 2.03. The minimum Gasteiger partial charge on any atom is -0.369 e. The quantitative estimate of drug-likeness (QED) is 0.608. The summed E-state index contributed by atoms with van der Waals surface area (Å²) in [4.78, 5) is 2.45. The lowest BCUT2D eigenvalue weighted by molar-refractivity contribution is -0.0800. The first-order chi connectivity index (χ1) is 8.77. The molecular formula is C14H29N3OS. The number of hydrogen-bond acceptors (Lipinski definition) is 5. The average Bonchev–Trinajstić information content (AvgIpc) is 2.51. The van der Waals surface area contributed by atoms with Gasteiger partial charge in [-0.1, -0.05) is 0 Å². The summed E-state index contributed by atoms with van der Waals surface area (Å²) < 4.78 is 6.24. The number of nitrogens with zero attached hydrogens (tertiary/aromatic N) is 1. The molecule has 0 aliphatic carbocycles. The molecule has 5 heteroatoms. The second-order valence-electron chi connectivity index (χ2n) is 7.09. The van der Waals surface area contributed by atoms with E-state index in [9.17, 15) is 0 Å². The van der Waals surface area contributed by atoms with Crippen LogP contribution in [0.4, 0.5) is 0 Å². The summed E-state index contributed by atoms with van der Waals surface area (Å²) in [6, 6.07) is 0.778. The molecule has 0 aromatic carbocycles. The van der Waals surface area contributed by atoms with Crippen LogP contribution in [0.1, 0.15) is 34.1 Å². The van der Waals surface area contributed by atoms with E-state index in [1.807, 2.05) is 11.8 Å². The average molecular weight is 287 g/mol. The lowest BCUT2D eigenvalue weighted by Gasteiger charge is -2.42. The molecule has 0 aromatic heterocycles. The van der Waals surface area contributed by atoms with Crippen molar-refractivity contribution in [3.63, 3.8) is 0 Å². The smallest absolute Gasteiger partial charge is 0.0678 e. The molecule has 3 N–H and O–H groups in total. The van der Waals surface area contributed by atoms with Crippen LogP contribution in [-0.4, -0.2) is 53.3 Å². The van der Waals surface area contributed by atoms with Crippen molar-refractivity contribution < 1.29 is 4.74 Å². The Labute approximate surface area is 121 Å². The molecule has 2 rings (SSSR count). The van der Waals surface area contributed by atoms with Gasteiger partial charge in [-0.3, -0.25) is 11.3 Å². The predicted octanol–water partition coefficient (Wildman–Crippen LogP) is 1.46. The Hall–Kier alpha value is 0.190. The summed E-state index contributed by atoms with van der Waals surface area (Å²) in [6.45, 7) is 9.91. The zero-order chi connectivity index (χ0) is 14.3. The van der Waals surface area contributed by atoms with E-state index in [0.29, 0.717) is 12.0 Å². The summed E-state index contributed by atoms with van der Waals surface area (Å²) in [5.74, 6) is 8.73. The summed E-state index contributed by atoms with van der Waals surface area (Å²) in [5, 5.41) is 0. The number of ether oxygens (including phenoxy) is 1. The van der Waals surface area contributed by atoms with Gasteiger partial charge < -0.3 is 9.64 Å². The molecule has 0 amide bonds. The molecule has 2 aliphatic rings. The van der Waals surface area contributed by atoms with E-state index < -0.39 is 0 Å². The van der Waals surface area contributed by atoms with E-state index in [4.69, 9.17) is 10.6 Å². The fraction of sp³-hybridized carbons (Fsp3) is 1.00. The van der Waals surface area contributed by atoms with Crippen LogP contribution in [0.2, 0.25) is 0 Å². The maximum absolute atomic E-state index is 6.24. The van der Waals surface area contributed by atoms with Crippen molar-refractivity contribution in [1.82, 2.24) is 10.3 Å². The minimum absolute atomic E-state index is 0.0519. The number of hydrazine groups is 1. The van der Waals surface area contributed by atoms with Crippen molar-refractivity contribution >= 4 is 11.8 Å². The molecule has 3 atom stereocenters. The summed E-state index contributed by atoms with van der Waals surface area (Å²) in [5.41, 5.74) is 2.93. The van der Waals surface area contributed by atoms with E-state index in [1.165, 1.54) is 5.75 Å². The van der Waals surface area contributed by atoms with E-state index in [2.05, 4.69) is 45.1 Å². The molecule has 2 saturated heterocycles. The van der Waals surface area contributed by atoms with Crippen molar-refractivity contribution in [2.75, 3.05) is 25.1 Å². The van der Waals surface area contributed by atoms with Crippen LogP contribution >= 0.6 is 11.8 Å². The molecule has 19 heavy (non-hydrogen) atoms. The van der Waals surface area contributed by atoms with Crippen LogP contribution < -0.4 is 11.3 Å². The molecule has 2 fully saturated rings. The third-order valence-electron chi connectivity index (χ3n) is 4.63. The highest BCUT2D eigenvalue weighted by atomic mass is 32.2. The third-order valence-corrected chi connectivity index (χ3v) is 5.68. The van der Waals surface area contributed by atoms with Crippen molar-refractivity contribution in [3.05, 3.63) is 0 Å². The second-order valence-corrected chi connectivity index (χ2v) is 8.24. The van der Waals surface area contributed by atoms with Crippen molar-refractivity contribution in [3.8, 4) is 0 Å². The number of hydrogen-bond donors (Lipinski definition) is 2. The largest absolute Gasteiger partial charge is 0.369 e. The highest BCUT2D eigenvalue weighted by molar-refractivity contribution is 7.99. The van der Waals surface area contributed by atoms with Gasteiger partial charge in [0, 0.05) is 36.1 Å². The molecule has 0 aromatic rings. The lowest BCUT2D eigenvalue weighted by Crippen LogP contribution is -2.60. The number of likely N-dealkylation sites (N-methyl/N-ethyl adjacent to an activating group) is 1. The monoisotopic (exact) mass is 287 g/mol. The van der Waals surface area contributed by atoms with Gasteiger partial charge in [0.2, 0.25) is 0 Å². The predicted molar refractivity (Wildman–Crippen MR) is 82.2 cm³/mol. The standard InChI is InChI=1S/C14H29N3OS/c1-13(2)8-10(14(3,4)18-13)12(16-15)11-9-19-7-6-17(11)5/h10-12,16H,6-9,15H2,1-5H3. The first-order valence-electron chi connectivity index (χ1n) is 7.21. The molecule has 112 valence electrons. The number of rotatable bonds is 3.